The smallest absolute Gasteiger partial charge is 0.229 e. The van der Waals surface area contributed by atoms with Gasteiger partial charge >= 0.3 is 0 Å². The second-order valence-corrected chi connectivity index (χ2v) is 4.11. The molecule has 2 amide bonds. The lowest BCUT2D eigenvalue weighted by molar-refractivity contribution is -0.129. The molecule has 6 heteroatoms. The van der Waals surface area contributed by atoms with E-state index in [1.165, 1.54) is 0 Å². The van der Waals surface area contributed by atoms with Crippen LogP contribution in [-0.4, -0.2) is 39.2 Å². The highest BCUT2D eigenvalue weighted by Crippen LogP contribution is 2.16. The molecule has 1 aromatic rings. The second-order valence-electron chi connectivity index (χ2n) is 4.11. The lowest BCUT2D eigenvalue weighted by Crippen LogP contribution is -2.33. The van der Waals surface area contributed by atoms with Gasteiger partial charge < -0.3 is 20.1 Å². The zero-order valence-electron chi connectivity index (χ0n) is 11.8. The first-order chi connectivity index (χ1) is 9.67. The summed E-state index contributed by atoms with van der Waals surface area (Å²) in [6.07, 6.45) is -0.196. The fourth-order valence-corrected chi connectivity index (χ4v) is 1.61. The van der Waals surface area contributed by atoms with Crippen molar-refractivity contribution < 1.29 is 19.1 Å². The number of methoxy groups -OCH3 is 2. The van der Waals surface area contributed by atoms with E-state index in [0.29, 0.717) is 25.4 Å². The van der Waals surface area contributed by atoms with Crippen molar-refractivity contribution in [2.45, 2.75) is 13.0 Å². The van der Waals surface area contributed by atoms with Gasteiger partial charge in [0, 0.05) is 25.8 Å². The zero-order chi connectivity index (χ0) is 14.8. The highest BCUT2D eigenvalue weighted by atomic mass is 16.5. The van der Waals surface area contributed by atoms with Gasteiger partial charge in [-0.2, -0.15) is 0 Å². The minimum absolute atomic E-state index is 0.196. The van der Waals surface area contributed by atoms with Crippen LogP contribution in [0.25, 0.3) is 0 Å². The summed E-state index contributed by atoms with van der Waals surface area (Å²) in [6, 6.07) is 7.39. The third-order valence-electron chi connectivity index (χ3n) is 2.62. The summed E-state index contributed by atoms with van der Waals surface area (Å²) in [7, 11) is 3.12. The molecule has 0 radical (unpaired) electrons. The van der Waals surface area contributed by atoms with Crippen molar-refractivity contribution in [1.82, 2.24) is 10.6 Å². The average molecular weight is 280 g/mol. The summed E-state index contributed by atoms with van der Waals surface area (Å²) in [5.41, 5.74) is 0.864. The lowest BCUT2D eigenvalue weighted by atomic mass is 10.2. The number of nitrogens with one attached hydrogen (secondary N) is 2. The van der Waals surface area contributed by atoms with Crippen molar-refractivity contribution in [2.24, 2.45) is 0 Å². The predicted octanol–water partition coefficient (Wildman–Crippen LogP) is 0.464. The van der Waals surface area contributed by atoms with Gasteiger partial charge in [-0.05, 0) is 6.07 Å². The maximum absolute atomic E-state index is 11.6. The van der Waals surface area contributed by atoms with Gasteiger partial charge in [0.15, 0.2) is 0 Å². The molecule has 0 saturated heterocycles. The first-order valence-corrected chi connectivity index (χ1v) is 6.31. The van der Waals surface area contributed by atoms with Crippen molar-refractivity contribution in [3.63, 3.8) is 0 Å². The quantitative estimate of drug-likeness (QED) is 0.536. The first-order valence-electron chi connectivity index (χ1n) is 6.31. The van der Waals surface area contributed by atoms with Crippen molar-refractivity contribution in [3.05, 3.63) is 29.8 Å². The van der Waals surface area contributed by atoms with E-state index in [1.807, 2.05) is 24.3 Å². The molecule has 0 spiro atoms. The summed E-state index contributed by atoms with van der Waals surface area (Å²) in [5.74, 6) is 0.0581. The Kier molecular flexibility index (Phi) is 7.13. The number of amides is 2. The molecule has 0 unspecified atom stereocenters. The fraction of sp³-hybridized carbons (Fsp3) is 0.429. The minimum atomic E-state index is -0.328. The summed E-state index contributed by atoms with van der Waals surface area (Å²) in [5, 5.41) is 5.27. The lowest BCUT2D eigenvalue weighted by Gasteiger charge is -2.09. The molecule has 0 aliphatic carbocycles. The summed E-state index contributed by atoms with van der Waals surface area (Å²) >= 11 is 0. The Bertz CT molecular complexity index is 449. The van der Waals surface area contributed by atoms with Gasteiger partial charge in [0.1, 0.15) is 12.2 Å². The monoisotopic (exact) mass is 280 g/mol. The van der Waals surface area contributed by atoms with Gasteiger partial charge in [0.25, 0.3) is 0 Å². The molecule has 2 N–H and O–H groups in total. The van der Waals surface area contributed by atoms with Crippen molar-refractivity contribution in [2.75, 3.05) is 27.4 Å². The molecule has 0 aliphatic rings. The molecule has 110 valence electrons. The van der Waals surface area contributed by atoms with Crippen LogP contribution in [0.3, 0.4) is 0 Å². The average Bonchev–Trinajstić information content (AvgIpc) is 2.45. The highest BCUT2D eigenvalue weighted by molar-refractivity contribution is 5.96. The zero-order valence-corrected chi connectivity index (χ0v) is 11.8. The molecule has 1 aromatic carbocycles. The SMILES string of the molecule is COCCNC(=O)CC(=O)NCc1ccccc1OC. The van der Waals surface area contributed by atoms with Gasteiger partial charge in [-0.25, -0.2) is 0 Å². The number of ether oxygens (including phenoxy) is 2. The molecular weight excluding hydrogens is 260 g/mol. The van der Waals surface area contributed by atoms with Crippen LogP contribution in [0.4, 0.5) is 0 Å². The molecule has 6 nitrogen and oxygen atoms in total. The van der Waals surface area contributed by atoms with Gasteiger partial charge in [-0.15, -0.1) is 0 Å². The molecule has 0 aliphatic heterocycles. The molecular formula is C14H20N2O4. The standard InChI is InChI=1S/C14H20N2O4/c1-19-8-7-15-13(17)9-14(18)16-10-11-5-3-4-6-12(11)20-2/h3-6H,7-10H2,1-2H3,(H,15,17)(H,16,18). The number of para-hydroxylation sites is 1. The maximum atomic E-state index is 11.6. The number of carbonyl (C=O) groups excluding carboxylic acids is 2. The van der Waals surface area contributed by atoms with E-state index in [9.17, 15) is 9.59 Å². The van der Waals surface area contributed by atoms with E-state index in [0.717, 1.165) is 5.56 Å². The predicted molar refractivity (Wildman–Crippen MR) is 74.3 cm³/mol. The van der Waals surface area contributed by atoms with Gasteiger partial charge in [-0.1, -0.05) is 18.2 Å². The van der Waals surface area contributed by atoms with Gasteiger partial charge in [-0.3, -0.25) is 9.59 Å². The van der Waals surface area contributed by atoms with E-state index < -0.39 is 0 Å². The molecule has 20 heavy (non-hydrogen) atoms. The Morgan fingerprint density at radius 3 is 2.50 bits per heavy atom. The van der Waals surface area contributed by atoms with Crippen LogP contribution in [0.1, 0.15) is 12.0 Å². The topological polar surface area (TPSA) is 76.7 Å². The van der Waals surface area contributed by atoms with Gasteiger partial charge in [0.05, 0.1) is 13.7 Å². The van der Waals surface area contributed by atoms with Crippen molar-refractivity contribution in [3.8, 4) is 5.75 Å². The van der Waals surface area contributed by atoms with E-state index in [1.54, 1.807) is 14.2 Å². The minimum Gasteiger partial charge on any atom is -0.496 e. The van der Waals surface area contributed by atoms with E-state index in [4.69, 9.17) is 9.47 Å². The first kappa shape index (κ1) is 16.0. The molecule has 0 heterocycles. The fourth-order valence-electron chi connectivity index (χ4n) is 1.61. The van der Waals surface area contributed by atoms with Gasteiger partial charge in [0.2, 0.25) is 11.8 Å². The van der Waals surface area contributed by atoms with Crippen LogP contribution < -0.4 is 15.4 Å². The van der Waals surface area contributed by atoms with Crippen molar-refractivity contribution >= 4 is 11.8 Å². The second kappa shape index (κ2) is 8.92. The third-order valence-corrected chi connectivity index (χ3v) is 2.62. The summed E-state index contributed by atoms with van der Waals surface area (Å²) in [4.78, 5) is 23.0. The van der Waals surface area contributed by atoms with Crippen LogP contribution in [0.5, 0.6) is 5.75 Å². The van der Waals surface area contributed by atoms with Crippen molar-refractivity contribution in [1.29, 1.82) is 0 Å². The highest BCUT2D eigenvalue weighted by Gasteiger charge is 2.09. The Hall–Kier alpha value is -2.08. The Labute approximate surface area is 118 Å². The summed E-state index contributed by atoms with van der Waals surface area (Å²) < 4.78 is 9.98. The maximum Gasteiger partial charge on any atom is 0.229 e. The molecule has 0 saturated carbocycles. The molecule has 1 rings (SSSR count). The number of hydrogen-bond acceptors (Lipinski definition) is 4. The summed E-state index contributed by atoms with van der Waals surface area (Å²) in [6.45, 7) is 1.15. The number of benzene rings is 1. The van der Waals surface area contributed by atoms with E-state index in [-0.39, 0.29) is 18.2 Å². The van der Waals surface area contributed by atoms with Crippen LogP contribution in [-0.2, 0) is 20.9 Å². The van der Waals surface area contributed by atoms with Crippen LogP contribution in [0, 0.1) is 0 Å². The van der Waals surface area contributed by atoms with E-state index in [2.05, 4.69) is 10.6 Å². The Balaban J connectivity index is 2.34. The third kappa shape index (κ3) is 5.71. The number of rotatable bonds is 8. The van der Waals surface area contributed by atoms with Crippen LogP contribution in [0.2, 0.25) is 0 Å². The number of carbonyl (C=O) groups is 2. The molecule has 0 aromatic heterocycles. The largest absolute Gasteiger partial charge is 0.496 e. The normalized spacial score (nSPS) is 9.90. The van der Waals surface area contributed by atoms with E-state index >= 15 is 0 Å². The Morgan fingerprint density at radius 1 is 1.10 bits per heavy atom. The number of hydrogen-bond donors (Lipinski definition) is 2. The molecule has 0 atom stereocenters. The molecule has 0 fully saturated rings. The van der Waals surface area contributed by atoms with Crippen LogP contribution >= 0.6 is 0 Å². The molecule has 0 bridgehead atoms. The Morgan fingerprint density at radius 2 is 1.80 bits per heavy atom. The van der Waals surface area contributed by atoms with Crippen LogP contribution in [0.15, 0.2) is 24.3 Å².